The van der Waals surface area contributed by atoms with Crippen LogP contribution in [0.5, 0.6) is 0 Å². The van der Waals surface area contributed by atoms with Crippen molar-refractivity contribution in [1.82, 2.24) is 0 Å². The highest BCUT2D eigenvalue weighted by Gasteiger charge is 2.50. The van der Waals surface area contributed by atoms with E-state index in [1.807, 2.05) is 74.5 Å². The van der Waals surface area contributed by atoms with Crippen LogP contribution in [0.4, 0.5) is 5.69 Å². The summed E-state index contributed by atoms with van der Waals surface area (Å²) in [5, 5.41) is 11.5. The van der Waals surface area contributed by atoms with Gasteiger partial charge in [-0.1, -0.05) is 76.1 Å². The SMILES string of the molecule is Cc1ccc(C)c(CN2C(=O)[C@](O)(CC(=O)/C=C/c3ccccc3)c3cc(Br)ccc32)c1. The van der Waals surface area contributed by atoms with Gasteiger partial charge in [0.1, 0.15) is 0 Å². The van der Waals surface area contributed by atoms with Crippen molar-refractivity contribution in [3.63, 3.8) is 0 Å². The zero-order valence-corrected chi connectivity index (χ0v) is 19.6. The van der Waals surface area contributed by atoms with Gasteiger partial charge in [0, 0.05) is 10.0 Å². The number of fused-ring (bicyclic) bond motifs is 1. The molecule has 162 valence electrons. The van der Waals surface area contributed by atoms with Gasteiger partial charge in [-0.25, -0.2) is 0 Å². The molecule has 5 heteroatoms. The molecule has 1 heterocycles. The first-order valence-electron chi connectivity index (χ1n) is 10.4. The highest BCUT2D eigenvalue weighted by atomic mass is 79.9. The molecule has 0 bridgehead atoms. The molecule has 0 unspecified atom stereocenters. The molecule has 3 aromatic rings. The van der Waals surface area contributed by atoms with Gasteiger partial charge < -0.3 is 10.0 Å². The number of carbonyl (C=O) groups excluding carboxylic acids is 2. The molecule has 0 aromatic heterocycles. The molecule has 1 amide bonds. The molecule has 0 saturated carbocycles. The van der Waals surface area contributed by atoms with Gasteiger partial charge >= 0.3 is 0 Å². The Hall–Kier alpha value is -3.02. The van der Waals surface area contributed by atoms with Gasteiger partial charge in [0.05, 0.1) is 18.7 Å². The molecule has 1 aliphatic heterocycles. The number of anilines is 1. The van der Waals surface area contributed by atoms with Gasteiger partial charge in [-0.2, -0.15) is 0 Å². The smallest absolute Gasteiger partial charge is 0.264 e. The molecule has 0 spiro atoms. The Morgan fingerprint density at radius 1 is 1.06 bits per heavy atom. The molecule has 1 aliphatic rings. The van der Waals surface area contributed by atoms with E-state index in [0.29, 0.717) is 17.8 Å². The Morgan fingerprint density at radius 2 is 1.81 bits per heavy atom. The third-order valence-corrected chi connectivity index (χ3v) is 6.31. The van der Waals surface area contributed by atoms with E-state index in [9.17, 15) is 14.7 Å². The number of ketones is 1. The molecule has 0 aliphatic carbocycles. The monoisotopic (exact) mass is 489 g/mol. The Balaban J connectivity index is 1.66. The van der Waals surface area contributed by atoms with Crippen molar-refractivity contribution in [2.75, 3.05) is 4.90 Å². The molecule has 4 rings (SSSR count). The number of benzene rings is 3. The maximum atomic E-state index is 13.5. The number of allylic oxidation sites excluding steroid dienone is 1. The number of aliphatic hydroxyl groups is 1. The number of aryl methyl sites for hydroxylation is 2. The minimum absolute atomic E-state index is 0.316. The van der Waals surface area contributed by atoms with Gasteiger partial charge in [0.15, 0.2) is 11.4 Å². The molecule has 32 heavy (non-hydrogen) atoms. The summed E-state index contributed by atoms with van der Waals surface area (Å²) >= 11 is 3.43. The van der Waals surface area contributed by atoms with Crippen LogP contribution in [-0.2, 0) is 21.7 Å². The number of nitrogens with zero attached hydrogens (tertiary/aromatic N) is 1. The number of halogens is 1. The second-order valence-electron chi connectivity index (χ2n) is 8.23. The van der Waals surface area contributed by atoms with Crippen molar-refractivity contribution in [3.8, 4) is 0 Å². The van der Waals surface area contributed by atoms with E-state index in [4.69, 9.17) is 0 Å². The van der Waals surface area contributed by atoms with Crippen molar-refractivity contribution in [2.24, 2.45) is 0 Å². The van der Waals surface area contributed by atoms with Crippen molar-refractivity contribution in [3.05, 3.63) is 105 Å². The van der Waals surface area contributed by atoms with E-state index < -0.39 is 11.5 Å². The summed E-state index contributed by atoms with van der Waals surface area (Å²) in [6.07, 6.45) is 2.80. The van der Waals surface area contributed by atoms with Crippen molar-refractivity contribution in [1.29, 1.82) is 0 Å². The molecule has 0 radical (unpaired) electrons. The van der Waals surface area contributed by atoms with Crippen LogP contribution in [0.15, 0.2) is 77.3 Å². The first-order chi connectivity index (χ1) is 15.3. The fourth-order valence-electron chi connectivity index (χ4n) is 4.06. The largest absolute Gasteiger partial charge is 0.375 e. The molecular weight excluding hydrogens is 466 g/mol. The lowest BCUT2D eigenvalue weighted by Crippen LogP contribution is -2.41. The Kier molecular flexibility index (Phi) is 6.13. The number of carbonyl (C=O) groups is 2. The number of hydrogen-bond donors (Lipinski definition) is 1. The van der Waals surface area contributed by atoms with Crippen molar-refractivity contribution >= 4 is 39.4 Å². The summed E-state index contributed by atoms with van der Waals surface area (Å²) < 4.78 is 0.739. The summed E-state index contributed by atoms with van der Waals surface area (Å²) in [4.78, 5) is 27.8. The van der Waals surface area contributed by atoms with E-state index in [-0.39, 0.29) is 12.2 Å². The average molecular weight is 490 g/mol. The van der Waals surface area contributed by atoms with Crippen LogP contribution in [0.2, 0.25) is 0 Å². The van der Waals surface area contributed by atoms with Crippen molar-refractivity contribution < 1.29 is 14.7 Å². The average Bonchev–Trinajstić information content (AvgIpc) is 2.97. The molecule has 4 nitrogen and oxygen atoms in total. The molecule has 1 atom stereocenters. The summed E-state index contributed by atoms with van der Waals surface area (Å²) in [6, 6.07) is 20.9. The predicted molar refractivity (Wildman–Crippen MR) is 130 cm³/mol. The number of amides is 1. The first-order valence-corrected chi connectivity index (χ1v) is 11.2. The normalized spacial score (nSPS) is 17.8. The van der Waals surface area contributed by atoms with E-state index >= 15 is 0 Å². The fraction of sp³-hybridized carbons (Fsp3) is 0.185. The Bertz CT molecular complexity index is 1220. The van der Waals surface area contributed by atoms with Crippen LogP contribution in [0, 0.1) is 13.8 Å². The highest BCUT2D eigenvalue weighted by molar-refractivity contribution is 9.10. The van der Waals surface area contributed by atoms with Crippen molar-refractivity contribution in [2.45, 2.75) is 32.4 Å². The van der Waals surface area contributed by atoms with Crippen LogP contribution in [-0.4, -0.2) is 16.8 Å². The number of hydrogen-bond acceptors (Lipinski definition) is 3. The van der Waals surface area contributed by atoms with Crippen LogP contribution >= 0.6 is 15.9 Å². The van der Waals surface area contributed by atoms with Crippen LogP contribution in [0.1, 0.15) is 34.2 Å². The molecule has 1 N–H and O–H groups in total. The topological polar surface area (TPSA) is 57.6 Å². The fourth-order valence-corrected chi connectivity index (χ4v) is 4.42. The van der Waals surface area contributed by atoms with Crippen LogP contribution < -0.4 is 4.90 Å². The van der Waals surface area contributed by atoms with E-state index in [0.717, 1.165) is 26.7 Å². The van der Waals surface area contributed by atoms with E-state index in [1.54, 1.807) is 17.0 Å². The molecular formula is C27H24BrNO3. The van der Waals surface area contributed by atoms with Crippen LogP contribution in [0.25, 0.3) is 6.08 Å². The maximum Gasteiger partial charge on any atom is 0.264 e. The predicted octanol–water partition coefficient (Wildman–Crippen LogP) is 5.47. The Labute approximate surface area is 196 Å². The molecule has 3 aromatic carbocycles. The summed E-state index contributed by atoms with van der Waals surface area (Å²) in [5.74, 6) is -0.794. The minimum atomic E-state index is -1.91. The zero-order valence-electron chi connectivity index (χ0n) is 18.0. The van der Waals surface area contributed by atoms with E-state index in [2.05, 4.69) is 15.9 Å². The third kappa shape index (κ3) is 4.31. The van der Waals surface area contributed by atoms with Gasteiger partial charge in [-0.3, -0.25) is 9.59 Å². The second kappa shape index (κ2) is 8.85. The Morgan fingerprint density at radius 3 is 2.56 bits per heavy atom. The summed E-state index contributed by atoms with van der Waals surface area (Å²) in [7, 11) is 0. The van der Waals surface area contributed by atoms with Gasteiger partial charge in [0.25, 0.3) is 5.91 Å². The number of rotatable bonds is 6. The molecule has 0 saturated heterocycles. The van der Waals surface area contributed by atoms with E-state index in [1.165, 1.54) is 6.08 Å². The first kappa shape index (κ1) is 22.2. The second-order valence-corrected chi connectivity index (χ2v) is 9.15. The van der Waals surface area contributed by atoms with Gasteiger partial charge in [-0.05, 0) is 54.8 Å². The van der Waals surface area contributed by atoms with Crippen LogP contribution in [0.3, 0.4) is 0 Å². The highest BCUT2D eigenvalue weighted by Crippen LogP contribution is 2.44. The molecule has 0 fully saturated rings. The minimum Gasteiger partial charge on any atom is -0.375 e. The lowest BCUT2D eigenvalue weighted by molar-refractivity contribution is -0.140. The van der Waals surface area contributed by atoms with Gasteiger partial charge in [0.2, 0.25) is 0 Å². The maximum absolute atomic E-state index is 13.5. The quantitative estimate of drug-likeness (QED) is 0.466. The van der Waals surface area contributed by atoms with Gasteiger partial charge in [-0.15, -0.1) is 0 Å². The summed E-state index contributed by atoms with van der Waals surface area (Å²) in [5.41, 5.74) is 3.22. The standard InChI is InChI=1S/C27H24BrNO3/c1-18-8-9-19(2)21(14-18)17-29-25-13-11-22(28)15-24(25)27(32,26(29)31)16-23(30)12-10-20-6-4-3-5-7-20/h3-15,32H,16-17H2,1-2H3/b12-10+/t27-/m0/s1. The third-order valence-electron chi connectivity index (χ3n) is 5.82. The zero-order chi connectivity index (χ0) is 22.9. The lowest BCUT2D eigenvalue weighted by Gasteiger charge is -2.23. The summed E-state index contributed by atoms with van der Waals surface area (Å²) in [6.45, 7) is 4.34. The lowest BCUT2D eigenvalue weighted by atomic mass is 9.89.